The third kappa shape index (κ3) is 1.72. The van der Waals surface area contributed by atoms with Crippen molar-refractivity contribution >= 4 is 15.9 Å². The van der Waals surface area contributed by atoms with E-state index < -0.39 is 0 Å². The summed E-state index contributed by atoms with van der Waals surface area (Å²) in [5, 5.41) is 8.13. The summed E-state index contributed by atoms with van der Waals surface area (Å²) in [6.45, 7) is 8.76. The molecule has 0 amide bonds. The summed E-state index contributed by atoms with van der Waals surface area (Å²) in [6, 6.07) is 0. The Morgan fingerprint density at radius 3 is 2.88 bits per heavy atom. The Morgan fingerprint density at radius 1 is 1.62 bits per heavy atom. The highest BCUT2D eigenvalue weighted by molar-refractivity contribution is 9.10. The van der Waals surface area contributed by atoms with E-state index in [1.807, 2.05) is 6.20 Å². The van der Waals surface area contributed by atoms with E-state index in [1.165, 1.54) is 18.5 Å². The van der Waals surface area contributed by atoms with Crippen LogP contribution in [0.2, 0.25) is 0 Å². The number of aromatic nitrogens is 2. The number of aryl methyl sites for hydroxylation is 1. The minimum atomic E-state index is 0.103. The second kappa shape index (κ2) is 4.49. The van der Waals surface area contributed by atoms with Gasteiger partial charge in [-0.2, -0.15) is 5.10 Å². The maximum absolute atomic E-state index is 4.44. The van der Waals surface area contributed by atoms with E-state index in [9.17, 15) is 0 Å². The molecule has 1 aromatic rings. The van der Waals surface area contributed by atoms with Crippen molar-refractivity contribution in [3.05, 3.63) is 16.4 Å². The van der Waals surface area contributed by atoms with Crippen LogP contribution in [0.15, 0.2) is 10.7 Å². The summed E-state index contributed by atoms with van der Waals surface area (Å²) < 4.78 is 3.25. The molecule has 1 fully saturated rings. The molecule has 3 nitrogen and oxygen atoms in total. The molecule has 90 valence electrons. The fourth-order valence-corrected chi connectivity index (χ4v) is 3.43. The van der Waals surface area contributed by atoms with Crippen LogP contribution in [0.4, 0.5) is 0 Å². The molecule has 0 aliphatic carbocycles. The van der Waals surface area contributed by atoms with E-state index in [0.717, 1.165) is 17.6 Å². The molecule has 2 rings (SSSR count). The van der Waals surface area contributed by atoms with Gasteiger partial charge in [0.05, 0.1) is 21.9 Å². The molecule has 1 aliphatic heterocycles. The largest absolute Gasteiger partial charge is 0.306 e. The van der Waals surface area contributed by atoms with Crippen molar-refractivity contribution in [3.63, 3.8) is 0 Å². The highest BCUT2D eigenvalue weighted by atomic mass is 79.9. The highest BCUT2D eigenvalue weighted by Gasteiger charge is 2.42. The average molecular weight is 286 g/mol. The Morgan fingerprint density at radius 2 is 2.38 bits per heavy atom. The molecule has 1 unspecified atom stereocenters. The molecule has 0 spiro atoms. The lowest BCUT2D eigenvalue weighted by Crippen LogP contribution is -2.43. The first-order valence-electron chi connectivity index (χ1n) is 6.08. The van der Waals surface area contributed by atoms with Crippen LogP contribution < -0.4 is 5.32 Å². The van der Waals surface area contributed by atoms with Crippen LogP contribution in [0.3, 0.4) is 0 Å². The van der Waals surface area contributed by atoms with Gasteiger partial charge in [-0.25, -0.2) is 0 Å². The minimum Gasteiger partial charge on any atom is -0.306 e. The van der Waals surface area contributed by atoms with Crippen molar-refractivity contribution in [3.8, 4) is 0 Å². The molecule has 1 N–H and O–H groups in total. The van der Waals surface area contributed by atoms with Gasteiger partial charge in [0.15, 0.2) is 0 Å². The quantitative estimate of drug-likeness (QED) is 0.926. The first-order chi connectivity index (χ1) is 7.62. The SMILES string of the molecule is CCn1ncc(Br)c1C1(C(C)C)CCCN1. The van der Waals surface area contributed by atoms with Crippen LogP contribution in [0.5, 0.6) is 0 Å². The zero-order valence-corrected chi connectivity index (χ0v) is 11.8. The maximum Gasteiger partial charge on any atom is 0.0729 e. The van der Waals surface area contributed by atoms with Crippen LogP contribution in [0.25, 0.3) is 0 Å². The van der Waals surface area contributed by atoms with Crippen LogP contribution >= 0.6 is 15.9 Å². The summed E-state index contributed by atoms with van der Waals surface area (Å²) in [5.41, 5.74) is 1.42. The lowest BCUT2D eigenvalue weighted by molar-refractivity contribution is 0.255. The zero-order valence-electron chi connectivity index (χ0n) is 10.3. The van der Waals surface area contributed by atoms with Crippen LogP contribution in [0.1, 0.15) is 39.3 Å². The standard InChI is InChI=1S/C12H20BrN3/c1-4-16-11(10(13)8-15-16)12(9(2)3)6-5-7-14-12/h8-9,14H,4-7H2,1-3H3. The number of halogens is 1. The minimum absolute atomic E-state index is 0.103. The van der Waals surface area contributed by atoms with Gasteiger partial charge in [0, 0.05) is 6.54 Å². The Hall–Kier alpha value is -0.350. The fourth-order valence-electron chi connectivity index (χ4n) is 2.78. The van der Waals surface area contributed by atoms with Gasteiger partial charge in [-0.15, -0.1) is 0 Å². The Kier molecular flexibility index (Phi) is 3.40. The monoisotopic (exact) mass is 285 g/mol. The van der Waals surface area contributed by atoms with Gasteiger partial charge >= 0.3 is 0 Å². The fraction of sp³-hybridized carbons (Fsp3) is 0.750. The summed E-state index contributed by atoms with van der Waals surface area (Å²) in [5.74, 6) is 0.577. The average Bonchev–Trinajstić information content (AvgIpc) is 2.84. The normalized spacial score (nSPS) is 25.6. The Bertz CT molecular complexity index is 364. The predicted molar refractivity (Wildman–Crippen MR) is 69.4 cm³/mol. The topological polar surface area (TPSA) is 29.9 Å². The van der Waals surface area contributed by atoms with Crippen molar-refractivity contribution in [1.82, 2.24) is 15.1 Å². The van der Waals surface area contributed by atoms with Crippen LogP contribution in [0, 0.1) is 5.92 Å². The van der Waals surface area contributed by atoms with Crippen molar-refractivity contribution in [2.75, 3.05) is 6.54 Å². The molecular weight excluding hydrogens is 266 g/mol. The van der Waals surface area contributed by atoms with E-state index in [-0.39, 0.29) is 5.54 Å². The summed E-state index contributed by atoms with van der Waals surface area (Å²) in [4.78, 5) is 0. The number of hydrogen-bond acceptors (Lipinski definition) is 2. The highest BCUT2D eigenvalue weighted by Crippen LogP contribution is 2.40. The molecule has 1 atom stereocenters. The number of nitrogens with zero attached hydrogens (tertiary/aromatic N) is 2. The van der Waals surface area contributed by atoms with E-state index in [0.29, 0.717) is 5.92 Å². The van der Waals surface area contributed by atoms with E-state index >= 15 is 0 Å². The van der Waals surface area contributed by atoms with Gasteiger partial charge in [-0.1, -0.05) is 13.8 Å². The first-order valence-corrected chi connectivity index (χ1v) is 6.88. The molecule has 0 aromatic carbocycles. The molecule has 2 heterocycles. The van der Waals surface area contributed by atoms with E-state index in [2.05, 4.69) is 51.8 Å². The first kappa shape index (κ1) is 12.1. The van der Waals surface area contributed by atoms with Crippen molar-refractivity contribution in [1.29, 1.82) is 0 Å². The molecule has 1 aromatic heterocycles. The number of hydrogen-bond donors (Lipinski definition) is 1. The van der Waals surface area contributed by atoms with Gasteiger partial charge in [-0.3, -0.25) is 4.68 Å². The molecule has 0 bridgehead atoms. The molecule has 1 aliphatic rings. The Balaban J connectivity index is 2.50. The summed E-state index contributed by atoms with van der Waals surface area (Å²) in [7, 11) is 0. The third-order valence-corrected chi connectivity index (χ3v) is 4.27. The number of rotatable bonds is 3. The Labute approximate surface area is 106 Å². The smallest absolute Gasteiger partial charge is 0.0729 e. The molecule has 0 saturated carbocycles. The summed E-state index contributed by atoms with van der Waals surface area (Å²) >= 11 is 3.65. The molecule has 1 saturated heterocycles. The van der Waals surface area contributed by atoms with Crippen LogP contribution in [-0.2, 0) is 12.1 Å². The van der Waals surface area contributed by atoms with Gasteiger partial charge < -0.3 is 5.32 Å². The van der Waals surface area contributed by atoms with Crippen molar-refractivity contribution in [2.24, 2.45) is 5.92 Å². The number of nitrogens with one attached hydrogen (secondary N) is 1. The zero-order chi connectivity index (χ0) is 11.8. The molecule has 16 heavy (non-hydrogen) atoms. The predicted octanol–water partition coefficient (Wildman–Crippen LogP) is 2.90. The van der Waals surface area contributed by atoms with Crippen molar-refractivity contribution in [2.45, 2.75) is 45.7 Å². The second-order valence-electron chi connectivity index (χ2n) is 4.81. The van der Waals surface area contributed by atoms with Gasteiger partial charge in [0.1, 0.15) is 0 Å². The van der Waals surface area contributed by atoms with E-state index in [4.69, 9.17) is 0 Å². The molecular formula is C12H20BrN3. The van der Waals surface area contributed by atoms with Crippen molar-refractivity contribution < 1.29 is 0 Å². The van der Waals surface area contributed by atoms with Gasteiger partial charge in [0.2, 0.25) is 0 Å². The van der Waals surface area contributed by atoms with Gasteiger partial charge in [0.25, 0.3) is 0 Å². The summed E-state index contributed by atoms with van der Waals surface area (Å²) in [6.07, 6.45) is 4.37. The third-order valence-electron chi connectivity index (χ3n) is 3.69. The van der Waals surface area contributed by atoms with Crippen LogP contribution in [-0.4, -0.2) is 16.3 Å². The van der Waals surface area contributed by atoms with Gasteiger partial charge in [-0.05, 0) is 48.2 Å². The second-order valence-corrected chi connectivity index (χ2v) is 5.67. The maximum atomic E-state index is 4.44. The lowest BCUT2D eigenvalue weighted by atomic mass is 9.82. The lowest BCUT2D eigenvalue weighted by Gasteiger charge is -2.35. The molecule has 0 radical (unpaired) electrons. The molecule has 4 heteroatoms. The van der Waals surface area contributed by atoms with E-state index in [1.54, 1.807) is 0 Å².